The van der Waals surface area contributed by atoms with Gasteiger partial charge in [-0.1, -0.05) is 34.6 Å². The zero-order valence-corrected chi connectivity index (χ0v) is 23.2. The standard InChI is InChI=1S/C30H52O4/c1-24(2)19-11-15-27(6)20(26(19,5)14-12-22(24)31)9-10-21-28(27,7)17-18-30(21,33)29(8)16-13-23(34-29)25(3,4)32/h19-23,31-33H,9-18H2,1-8H3. The van der Waals surface area contributed by atoms with Gasteiger partial charge in [0.1, 0.15) is 0 Å². The van der Waals surface area contributed by atoms with E-state index in [1.54, 1.807) is 0 Å². The highest BCUT2D eigenvalue weighted by Crippen LogP contribution is 2.76. The third-order valence-electron chi connectivity index (χ3n) is 13.4. The molecule has 4 saturated carbocycles. The summed E-state index contributed by atoms with van der Waals surface area (Å²) >= 11 is 0. The Hall–Kier alpha value is -0.160. The van der Waals surface area contributed by atoms with Crippen LogP contribution in [0.1, 0.15) is 120 Å². The van der Waals surface area contributed by atoms with E-state index in [0.29, 0.717) is 11.8 Å². The van der Waals surface area contributed by atoms with E-state index in [2.05, 4.69) is 41.5 Å². The van der Waals surface area contributed by atoms with Crippen molar-refractivity contribution in [1.82, 2.24) is 0 Å². The maximum atomic E-state index is 12.5. The molecule has 5 aliphatic rings. The van der Waals surface area contributed by atoms with Gasteiger partial charge in [0.25, 0.3) is 0 Å². The molecule has 34 heavy (non-hydrogen) atoms. The van der Waals surface area contributed by atoms with E-state index in [4.69, 9.17) is 4.74 Å². The molecular weight excluding hydrogens is 424 g/mol. The summed E-state index contributed by atoms with van der Waals surface area (Å²) < 4.78 is 6.58. The van der Waals surface area contributed by atoms with E-state index < -0.39 is 16.8 Å². The first-order chi connectivity index (χ1) is 15.5. The van der Waals surface area contributed by atoms with Crippen LogP contribution in [-0.2, 0) is 4.74 Å². The molecule has 1 heterocycles. The summed E-state index contributed by atoms with van der Waals surface area (Å²) in [5, 5.41) is 34.0. The first kappa shape index (κ1) is 25.5. The Morgan fingerprint density at radius 2 is 1.32 bits per heavy atom. The third-order valence-corrected chi connectivity index (χ3v) is 13.4. The van der Waals surface area contributed by atoms with Crippen molar-refractivity contribution in [3.63, 3.8) is 0 Å². The number of aliphatic hydroxyl groups is 3. The second kappa shape index (κ2) is 7.23. The average Bonchev–Trinajstić information content (AvgIpc) is 3.27. The average molecular weight is 477 g/mol. The van der Waals surface area contributed by atoms with Gasteiger partial charge in [0.2, 0.25) is 0 Å². The number of fused-ring (bicyclic) bond motifs is 5. The Labute approximate surface area is 208 Å². The van der Waals surface area contributed by atoms with Gasteiger partial charge in [-0.2, -0.15) is 0 Å². The predicted molar refractivity (Wildman–Crippen MR) is 135 cm³/mol. The predicted octanol–water partition coefficient (Wildman–Crippen LogP) is 5.86. The summed E-state index contributed by atoms with van der Waals surface area (Å²) in [6, 6.07) is 0. The molecule has 0 bridgehead atoms. The fraction of sp³-hybridized carbons (Fsp3) is 1.00. The van der Waals surface area contributed by atoms with Crippen LogP contribution in [-0.4, -0.2) is 44.3 Å². The molecule has 0 spiro atoms. The number of hydrogen-bond donors (Lipinski definition) is 3. The summed E-state index contributed by atoms with van der Waals surface area (Å²) in [5.74, 6) is 1.43. The lowest BCUT2D eigenvalue weighted by atomic mass is 9.35. The Morgan fingerprint density at radius 3 is 1.94 bits per heavy atom. The summed E-state index contributed by atoms with van der Waals surface area (Å²) in [5.41, 5.74) is -1.82. The highest BCUT2D eigenvalue weighted by Gasteiger charge is 2.73. The number of ether oxygens (including phenoxy) is 1. The van der Waals surface area contributed by atoms with Crippen molar-refractivity contribution in [2.45, 2.75) is 149 Å². The monoisotopic (exact) mass is 476 g/mol. The topological polar surface area (TPSA) is 69.9 Å². The van der Waals surface area contributed by atoms with Crippen LogP contribution in [0.2, 0.25) is 0 Å². The fourth-order valence-electron chi connectivity index (χ4n) is 11.1. The molecule has 3 N–H and O–H groups in total. The lowest BCUT2D eigenvalue weighted by molar-refractivity contribution is -0.254. The molecule has 10 unspecified atom stereocenters. The first-order valence-corrected chi connectivity index (χ1v) is 14.3. The molecule has 196 valence electrons. The number of aliphatic hydroxyl groups excluding tert-OH is 1. The van der Waals surface area contributed by atoms with Crippen LogP contribution in [0.3, 0.4) is 0 Å². The minimum atomic E-state index is -0.884. The summed E-state index contributed by atoms with van der Waals surface area (Å²) in [7, 11) is 0. The van der Waals surface area contributed by atoms with Gasteiger partial charge in [-0.05, 0) is 124 Å². The van der Waals surface area contributed by atoms with Crippen LogP contribution in [0.25, 0.3) is 0 Å². The molecule has 4 heteroatoms. The molecule has 4 nitrogen and oxygen atoms in total. The molecule has 5 fully saturated rings. The molecule has 5 rings (SSSR count). The first-order valence-electron chi connectivity index (χ1n) is 14.3. The van der Waals surface area contributed by atoms with Gasteiger partial charge in [0.15, 0.2) is 0 Å². The lowest BCUT2D eigenvalue weighted by Crippen LogP contribution is -2.66. The van der Waals surface area contributed by atoms with Crippen molar-refractivity contribution in [2.24, 2.45) is 39.4 Å². The van der Waals surface area contributed by atoms with Crippen LogP contribution in [0, 0.1) is 39.4 Å². The quantitative estimate of drug-likeness (QED) is 0.467. The van der Waals surface area contributed by atoms with Crippen molar-refractivity contribution in [3.05, 3.63) is 0 Å². The smallest absolute Gasteiger partial charge is 0.0967 e. The van der Waals surface area contributed by atoms with Gasteiger partial charge in [0.05, 0.1) is 29.0 Å². The van der Waals surface area contributed by atoms with Crippen LogP contribution in [0.5, 0.6) is 0 Å². The second-order valence-corrected chi connectivity index (χ2v) is 15.4. The molecule has 0 amide bonds. The Kier molecular flexibility index (Phi) is 5.42. The number of rotatable bonds is 2. The van der Waals surface area contributed by atoms with Gasteiger partial charge in [-0.15, -0.1) is 0 Å². The van der Waals surface area contributed by atoms with Crippen LogP contribution in [0.15, 0.2) is 0 Å². The van der Waals surface area contributed by atoms with Crippen molar-refractivity contribution in [3.8, 4) is 0 Å². The van der Waals surface area contributed by atoms with Gasteiger partial charge < -0.3 is 20.1 Å². The van der Waals surface area contributed by atoms with E-state index >= 15 is 0 Å². The molecule has 1 aliphatic heterocycles. The highest BCUT2D eigenvalue weighted by atomic mass is 16.5. The molecule has 10 atom stereocenters. The maximum Gasteiger partial charge on any atom is 0.0967 e. The second-order valence-electron chi connectivity index (χ2n) is 15.4. The third kappa shape index (κ3) is 2.98. The molecule has 0 aromatic rings. The molecule has 1 saturated heterocycles. The zero-order valence-electron chi connectivity index (χ0n) is 23.2. The summed E-state index contributed by atoms with van der Waals surface area (Å²) in [6.45, 7) is 18.0. The van der Waals surface area contributed by atoms with Crippen LogP contribution >= 0.6 is 0 Å². The minimum Gasteiger partial charge on any atom is -0.393 e. The summed E-state index contributed by atoms with van der Waals surface area (Å²) in [6.07, 6.45) is 9.72. The zero-order chi connectivity index (χ0) is 25.2. The number of hydrogen-bond acceptors (Lipinski definition) is 4. The minimum absolute atomic E-state index is 0.0280. The Balaban J connectivity index is 1.48. The molecule has 0 aromatic carbocycles. The van der Waals surface area contributed by atoms with Gasteiger partial charge in [0, 0.05) is 0 Å². The van der Waals surface area contributed by atoms with Gasteiger partial charge >= 0.3 is 0 Å². The Morgan fingerprint density at radius 1 is 0.706 bits per heavy atom. The van der Waals surface area contributed by atoms with Crippen molar-refractivity contribution < 1.29 is 20.1 Å². The summed E-state index contributed by atoms with van der Waals surface area (Å²) in [4.78, 5) is 0. The van der Waals surface area contributed by atoms with E-state index in [0.717, 1.165) is 44.9 Å². The maximum absolute atomic E-state index is 12.5. The van der Waals surface area contributed by atoms with Crippen molar-refractivity contribution >= 4 is 0 Å². The Bertz CT molecular complexity index is 832. The molecule has 0 radical (unpaired) electrons. The van der Waals surface area contributed by atoms with E-state index in [1.165, 1.54) is 19.3 Å². The van der Waals surface area contributed by atoms with Crippen LogP contribution < -0.4 is 0 Å². The van der Waals surface area contributed by atoms with Crippen LogP contribution in [0.4, 0.5) is 0 Å². The highest BCUT2D eigenvalue weighted by molar-refractivity contribution is 5.23. The molecule has 0 aromatic heterocycles. The largest absolute Gasteiger partial charge is 0.393 e. The van der Waals surface area contributed by atoms with E-state index in [1.807, 2.05) is 13.8 Å². The normalized spacial score (nSPS) is 57.1. The lowest BCUT2D eigenvalue weighted by Gasteiger charge is -2.70. The molecule has 4 aliphatic carbocycles. The fourth-order valence-corrected chi connectivity index (χ4v) is 11.1. The van der Waals surface area contributed by atoms with Crippen molar-refractivity contribution in [2.75, 3.05) is 0 Å². The van der Waals surface area contributed by atoms with Gasteiger partial charge in [-0.25, -0.2) is 0 Å². The van der Waals surface area contributed by atoms with E-state index in [-0.39, 0.29) is 39.8 Å². The van der Waals surface area contributed by atoms with Gasteiger partial charge in [-0.3, -0.25) is 0 Å². The van der Waals surface area contributed by atoms with E-state index in [9.17, 15) is 15.3 Å². The van der Waals surface area contributed by atoms with Crippen molar-refractivity contribution in [1.29, 1.82) is 0 Å². The molecular formula is C30H52O4. The SMILES string of the molecule is CC(C)(O)C1CCC(C)(C2(O)CCC3(C)C2CCC2C4(C)CCC(O)C(C)(C)C4CCC23C)O1.